The topological polar surface area (TPSA) is 346 Å². The van der Waals surface area contributed by atoms with Crippen molar-refractivity contribution in [2.45, 2.75) is 161 Å². The van der Waals surface area contributed by atoms with Crippen molar-refractivity contribution in [3.05, 3.63) is 51.6 Å². The van der Waals surface area contributed by atoms with E-state index in [-0.39, 0.29) is 77.3 Å². The van der Waals surface area contributed by atoms with Crippen molar-refractivity contribution in [3.63, 3.8) is 0 Å². The molecule has 2 heterocycles. The molecule has 2 aromatic rings. The van der Waals surface area contributed by atoms with E-state index in [9.17, 15) is 68.7 Å². The van der Waals surface area contributed by atoms with Crippen LogP contribution in [0, 0.1) is 17.8 Å². The predicted octanol–water partition coefficient (Wildman–Crippen LogP) is 0.489. The van der Waals surface area contributed by atoms with Gasteiger partial charge in [0, 0.05) is 49.4 Å². The van der Waals surface area contributed by atoms with E-state index in [2.05, 4.69) is 26.6 Å². The molecular formula is C53H72N6O17. The van der Waals surface area contributed by atoms with Gasteiger partial charge in [0.25, 0.3) is 0 Å². The number of aliphatic hydroxyl groups is 3. The molecule has 1 unspecified atom stereocenters. The summed E-state index contributed by atoms with van der Waals surface area (Å²) in [5.74, 6) is -8.29. The number of amides is 6. The van der Waals surface area contributed by atoms with Crippen molar-refractivity contribution in [1.29, 1.82) is 0 Å². The third-order valence-electron chi connectivity index (χ3n) is 14.3. The Kier molecular flexibility index (Phi) is 18.7. The number of hydrogen-bond acceptors (Lipinski definition) is 17. The normalized spacial score (nSPS) is 24.0. The molecule has 23 nitrogen and oxygen atoms in total. The number of carbonyl (C=O) groups excluding carboxylic acids is 9. The molecule has 0 saturated carbocycles. The Bertz CT molecular complexity index is 2620. The molecule has 0 spiro atoms. The highest BCUT2D eigenvalue weighted by molar-refractivity contribution is 6.31. The number of likely N-dealkylation sites (tertiary alicyclic amines) is 1. The number of nitrogens with zero attached hydrogens (tertiary/aromatic N) is 1. The molecule has 0 aromatic heterocycles. The molecule has 2 saturated heterocycles. The maximum absolute atomic E-state index is 14.2. The maximum atomic E-state index is 14.2. The zero-order valence-corrected chi connectivity index (χ0v) is 44.3. The zero-order valence-electron chi connectivity index (χ0n) is 44.3. The number of ketones is 3. The second-order valence-electron chi connectivity index (χ2n) is 21.5. The van der Waals surface area contributed by atoms with Gasteiger partial charge in [-0.1, -0.05) is 53.7 Å². The summed E-state index contributed by atoms with van der Waals surface area (Å²) in [7, 11) is 1.28. The van der Waals surface area contributed by atoms with Crippen LogP contribution in [0.2, 0.25) is 0 Å². The third kappa shape index (κ3) is 12.7. The highest BCUT2D eigenvalue weighted by Gasteiger charge is 2.51. The van der Waals surface area contributed by atoms with Gasteiger partial charge in [0.15, 0.2) is 17.9 Å². The van der Waals surface area contributed by atoms with Crippen molar-refractivity contribution in [2.24, 2.45) is 17.8 Å². The van der Waals surface area contributed by atoms with Crippen molar-refractivity contribution in [2.75, 3.05) is 26.8 Å². The van der Waals surface area contributed by atoms with Crippen molar-refractivity contribution in [3.8, 4) is 17.2 Å². The minimum Gasteiger partial charge on any atom is -0.507 e. The van der Waals surface area contributed by atoms with E-state index in [1.165, 1.54) is 44.1 Å². The second kappa shape index (κ2) is 24.2. The molecule has 10 N–H and O–H groups in total. The number of aromatic hydroxyl groups is 2. The minimum atomic E-state index is -2.43. The van der Waals surface area contributed by atoms with Gasteiger partial charge in [0.2, 0.25) is 41.2 Å². The van der Waals surface area contributed by atoms with Crippen LogP contribution >= 0.6 is 0 Å². The first-order chi connectivity index (χ1) is 35.7. The molecule has 6 rings (SSSR count). The molecule has 0 radical (unpaired) electrons. The summed E-state index contributed by atoms with van der Waals surface area (Å²) in [5.41, 5.74) is -4.47. The molecule has 0 bridgehead atoms. The van der Waals surface area contributed by atoms with Gasteiger partial charge in [-0.3, -0.25) is 43.2 Å². The molecule has 76 heavy (non-hydrogen) atoms. The number of Topliss-reactive ketones (excluding diaryl/α,β-unsaturated/α-hetero) is 1. The summed E-state index contributed by atoms with van der Waals surface area (Å²) in [6, 6.07) is -1.02. The number of phenols is 2. The molecule has 2 aromatic carbocycles. The van der Waals surface area contributed by atoms with Gasteiger partial charge in [0.1, 0.15) is 59.7 Å². The number of carbonyl (C=O) groups is 9. The summed E-state index contributed by atoms with van der Waals surface area (Å²) in [5, 5.41) is 70.2. The van der Waals surface area contributed by atoms with Crippen LogP contribution < -0.4 is 31.3 Å². The number of phenolic OH excluding ortho intramolecular Hbond substituents is 2. The van der Waals surface area contributed by atoms with Crippen molar-refractivity contribution < 1.29 is 82.9 Å². The van der Waals surface area contributed by atoms with E-state index >= 15 is 0 Å². The predicted molar refractivity (Wildman–Crippen MR) is 269 cm³/mol. The summed E-state index contributed by atoms with van der Waals surface area (Å²) >= 11 is 0. The lowest BCUT2D eigenvalue weighted by Crippen LogP contribution is -2.61. The number of methoxy groups -OCH3 is 1. The van der Waals surface area contributed by atoms with Crippen LogP contribution in [0.25, 0.3) is 0 Å². The SMILES string of the molecule is COc1cccc2c1C(=O)c1c(O)c3c(c(O)c1C2=O)C[C@@](O)(C(=O)CO)C[C@@H]3O[C@H]1C[C@H](NC(=O)[C@H](CC(C)C)NC(=O)[C@H](CC(C)C)NC(=O)CNC(=O)[C@H](CC(C)C)NC(=O)C2CCN2C(C)=O)[C@H](O)[C@H](C)O1. The standard InChI is InChI=1S/C53H72N6O17/c1-23(2)15-31(58-52(72)34-13-14-59(34)27(8)61)49(69)54-21-38(63)55-32(16-24(3)4)50(70)57-33(17-25(5)6)51(71)56-30-18-39(75-26(7)44(30)64)76-36-20-53(73,37(62)22-60)19-29-41(36)48(68)43-42(46(29)66)45(65)28-11-10-12-35(74-9)40(28)47(43)67/h10-12,23-26,30-34,36,39,44,60,64,66,68,73H,13-22H2,1-9H3,(H,54,69)(H,55,63)(H,56,71)(H,57,70)(H,58,72)/t26-,30-,31-,32-,33-,34?,36-,39-,44+,53-/m0/s1. The van der Waals surface area contributed by atoms with E-state index in [0.29, 0.717) is 13.0 Å². The number of aliphatic hydroxyl groups excluding tert-OH is 2. The molecular weight excluding hydrogens is 993 g/mol. The number of benzene rings is 2. The Morgan fingerprint density at radius 2 is 1.43 bits per heavy atom. The van der Waals surface area contributed by atoms with Crippen LogP contribution in [0.15, 0.2) is 18.2 Å². The smallest absolute Gasteiger partial charge is 0.243 e. The van der Waals surface area contributed by atoms with Gasteiger partial charge in [-0.2, -0.15) is 0 Å². The molecule has 2 aliphatic heterocycles. The van der Waals surface area contributed by atoms with Crippen molar-refractivity contribution >= 4 is 52.8 Å². The van der Waals surface area contributed by atoms with Gasteiger partial charge in [-0.25, -0.2) is 0 Å². The third-order valence-corrected chi connectivity index (χ3v) is 14.3. The zero-order chi connectivity index (χ0) is 56.2. The lowest BCUT2D eigenvalue weighted by Gasteiger charge is -2.43. The Morgan fingerprint density at radius 3 is 2.00 bits per heavy atom. The quantitative estimate of drug-likeness (QED) is 0.0649. The molecule has 416 valence electrons. The van der Waals surface area contributed by atoms with Crippen molar-refractivity contribution in [1.82, 2.24) is 31.5 Å². The van der Waals surface area contributed by atoms with Gasteiger partial charge < -0.3 is 71.2 Å². The minimum absolute atomic E-state index is 0.0189. The number of rotatable bonds is 21. The molecule has 2 aliphatic carbocycles. The Hall–Kier alpha value is -6.53. The fraction of sp³-hybridized carbons (Fsp3) is 0.604. The fourth-order valence-electron chi connectivity index (χ4n) is 10.4. The van der Waals surface area contributed by atoms with E-state index in [1.807, 2.05) is 41.5 Å². The first-order valence-corrected chi connectivity index (χ1v) is 25.7. The Morgan fingerprint density at radius 1 is 0.829 bits per heavy atom. The lowest BCUT2D eigenvalue weighted by molar-refractivity contribution is -0.249. The average Bonchev–Trinajstić information content (AvgIpc) is 3.32. The van der Waals surface area contributed by atoms with Crippen LogP contribution in [0.1, 0.15) is 143 Å². The van der Waals surface area contributed by atoms with E-state index in [1.54, 1.807) is 0 Å². The van der Waals surface area contributed by atoms with Crippen LogP contribution in [-0.2, 0) is 49.5 Å². The highest BCUT2D eigenvalue weighted by Crippen LogP contribution is 2.52. The van der Waals surface area contributed by atoms with Gasteiger partial charge in [-0.05, 0) is 56.4 Å². The fourth-order valence-corrected chi connectivity index (χ4v) is 10.4. The Labute approximate surface area is 440 Å². The summed E-state index contributed by atoms with van der Waals surface area (Å²) in [6.45, 7) is 12.5. The molecule has 23 heteroatoms. The molecule has 10 atom stereocenters. The van der Waals surface area contributed by atoms with Crippen LogP contribution in [0.3, 0.4) is 0 Å². The Balaban J connectivity index is 1.17. The summed E-state index contributed by atoms with van der Waals surface area (Å²) in [4.78, 5) is 123. The second-order valence-corrected chi connectivity index (χ2v) is 21.5. The summed E-state index contributed by atoms with van der Waals surface area (Å²) in [6.07, 6.45) is -6.18. The van der Waals surface area contributed by atoms with E-state index in [4.69, 9.17) is 14.2 Å². The lowest BCUT2D eigenvalue weighted by atomic mass is 9.72. The van der Waals surface area contributed by atoms with Crippen LogP contribution in [0.5, 0.6) is 17.2 Å². The van der Waals surface area contributed by atoms with Gasteiger partial charge in [0.05, 0.1) is 48.6 Å². The monoisotopic (exact) mass is 1060 g/mol. The van der Waals surface area contributed by atoms with E-state index in [0.717, 1.165) is 0 Å². The van der Waals surface area contributed by atoms with Crippen LogP contribution in [0.4, 0.5) is 0 Å². The molecule has 4 aliphatic rings. The van der Waals surface area contributed by atoms with E-state index < -0.39 is 156 Å². The van der Waals surface area contributed by atoms with Gasteiger partial charge in [-0.15, -0.1) is 0 Å². The molecule has 6 amide bonds. The first-order valence-electron chi connectivity index (χ1n) is 25.7. The number of nitrogens with one attached hydrogen (secondary N) is 5. The maximum Gasteiger partial charge on any atom is 0.243 e. The number of ether oxygens (including phenoxy) is 3. The van der Waals surface area contributed by atoms with Gasteiger partial charge >= 0.3 is 0 Å². The summed E-state index contributed by atoms with van der Waals surface area (Å²) < 4.78 is 17.7. The molecule has 2 fully saturated rings. The largest absolute Gasteiger partial charge is 0.507 e. The average molecular weight is 1070 g/mol. The van der Waals surface area contributed by atoms with Crippen LogP contribution in [-0.4, -0.2) is 164 Å². The highest BCUT2D eigenvalue weighted by atomic mass is 16.7. The number of hydrogen-bond donors (Lipinski definition) is 10. The first kappa shape index (κ1) is 58.7. The number of fused-ring (bicyclic) bond motifs is 3.